The molecule has 19 heavy (non-hydrogen) atoms. The zero-order chi connectivity index (χ0) is 14.1. The normalized spacial score (nSPS) is 10.3. The minimum atomic E-state index is 0.00436. The first-order valence-corrected chi connectivity index (χ1v) is 6.76. The summed E-state index contributed by atoms with van der Waals surface area (Å²) in [5.74, 6) is 0.851. The predicted octanol–water partition coefficient (Wildman–Crippen LogP) is 1.99. The van der Waals surface area contributed by atoms with E-state index in [1.807, 2.05) is 38.1 Å². The van der Waals surface area contributed by atoms with Gasteiger partial charge in [-0.1, -0.05) is 25.1 Å². The summed E-state index contributed by atoms with van der Waals surface area (Å²) in [5.41, 5.74) is 1.07. The third-order valence-electron chi connectivity index (χ3n) is 2.88. The third kappa shape index (κ3) is 5.30. The molecule has 1 N–H and O–H groups in total. The lowest BCUT2D eigenvalue weighted by Gasteiger charge is -2.21. The number of ether oxygens (including phenoxy) is 1. The molecule has 0 aliphatic carbocycles. The van der Waals surface area contributed by atoms with Crippen LogP contribution < -0.4 is 4.74 Å². The predicted molar refractivity (Wildman–Crippen MR) is 75.2 cm³/mol. The molecule has 0 aromatic heterocycles. The Labute approximate surface area is 115 Å². The number of rotatable bonds is 8. The summed E-state index contributed by atoms with van der Waals surface area (Å²) < 4.78 is 5.60. The van der Waals surface area contributed by atoms with E-state index in [1.54, 1.807) is 4.90 Å². The number of hydrogen-bond acceptors (Lipinski definition) is 3. The molecule has 106 valence electrons. The van der Waals surface area contributed by atoms with E-state index in [4.69, 9.17) is 9.84 Å². The highest BCUT2D eigenvalue weighted by Crippen LogP contribution is 2.16. The second-order valence-corrected chi connectivity index (χ2v) is 4.47. The molecule has 1 aromatic carbocycles. The Morgan fingerprint density at radius 2 is 2.05 bits per heavy atom. The van der Waals surface area contributed by atoms with Gasteiger partial charge in [-0.25, -0.2) is 0 Å². The van der Waals surface area contributed by atoms with E-state index >= 15 is 0 Å². The van der Waals surface area contributed by atoms with Crippen molar-refractivity contribution in [3.8, 4) is 5.75 Å². The quantitative estimate of drug-likeness (QED) is 0.782. The van der Waals surface area contributed by atoms with Crippen molar-refractivity contribution >= 4 is 5.91 Å². The van der Waals surface area contributed by atoms with Crippen LogP contribution in [-0.2, 0) is 4.79 Å². The number of carbonyl (C=O) groups excluding carboxylic acids is 1. The van der Waals surface area contributed by atoms with E-state index < -0.39 is 0 Å². The van der Waals surface area contributed by atoms with Gasteiger partial charge in [0.2, 0.25) is 5.91 Å². The highest BCUT2D eigenvalue weighted by Gasteiger charge is 2.12. The van der Waals surface area contributed by atoms with Crippen molar-refractivity contribution in [3.63, 3.8) is 0 Å². The molecule has 0 radical (unpaired) electrons. The summed E-state index contributed by atoms with van der Waals surface area (Å²) >= 11 is 0. The smallest absolute Gasteiger partial charge is 0.226 e. The topological polar surface area (TPSA) is 49.8 Å². The molecule has 0 fully saturated rings. The van der Waals surface area contributed by atoms with Crippen LogP contribution >= 0.6 is 0 Å². The van der Waals surface area contributed by atoms with Crippen molar-refractivity contribution in [2.75, 3.05) is 26.3 Å². The summed E-state index contributed by atoms with van der Waals surface area (Å²) in [7, 11) is 0. The Morgan fingerprint density at radius 3 is 2.68 bits per heavy atom. The summed E-state index contributed by atoms with van der Waals surface area (Å²) in [4.78, 5) is 13.6. The summed E-state index contributed by atoms with van der Waals surface area (Å²) in [6.07, 6.45) is 1.23. The van der Waals surface area contributed by atoms with Gasteiger partial charge in [-0.05, 0) is 25.0 Å². The molecule has 4 nitrogen and oxygen atoms in total. The monoisotopic (exact) mass is 265 g/mol. The van der Waals surface area contributed by atoms with Crippen LogP contribution in [0.1, 0.15) is 25.3 Å². The Hall–Kier alpha value is -1.55. The maximum atomic E-state index is 11.9. The Kier molecular flexibility index (Phi) is 6.97. The van der Waals surface area contributed by atoms with Gasteiger partial charge in [0.15, 0.2) is 0 Å². The maximum absolute atomic E-state index is 11.9. The first kappa shape index (κ1) is 15.5. The summed E-state index contributed by atoms with van der Waals surface area (Å²) in [6, 6.07) is 7.75. The molecule has 4 heteroatoms. The minimum absolute atomic E-state index is 0.00436. The second kappa shape index (κ2) is 8.53. The van der Waals surface area contributed by atoms with E-state index in [0.717, 1.165) is 17.7 Å². The van der Waals surface area contributed by atoms with Crippen LogP contribution in [0.5, 0.6) is 5.75 Å². The summed E-state index contributed by atoms with van der Waals surface area (Å²) in [6.45, 7) is 5.45. The molecular weight excluding hydrogens is 242 g/mol. The Balaban J connectivity index is 2.39. The lowest BCUT2D eigenvalue weighted by atomic mass is 10.2. The molecule has 0 saturated carbocycles. The number of nitrogens with zero attached hydrogens (tertiary/aromatic N) is 1. The SMILES string of the molecule is CCCN(CCO)C(=O)CCOc1ccccc1C. The van der Waals surface area contributed by atoms with Gasteiger partial charge < -0.3 is 14.7 Å². The number of hydrogen-bond donors (Lipinski definition) is 1. The number of aryl methyl sites for hydroxylation is 1. The first-order valence-electron chi connectivity index (χ1n) is 6.76. The number of para-hydroxylation sites is 1. The molecule has 0 unspecified atom stereocenters. The van der Waals surface area contributed by atoms with Crippen LogP contribution in [0.4, 0.5) is 0 Å². The van der Waals surface area contributed by atoms with Gasteiger partial charge in [0.05, 0.1) is 19.6 Å². The molecule has 0 aliphatic heterocycles. The van der Waals surface area contributed by atoms with Crippen molar-refractivity contribution in [1.29, 1.82) is 0 Å². The molecule has 0 bridgehead atoms. The fourth-order valence-electron chi connectivity index (χ4n) is 1.88. The fraction of sp³-hybridized carbons (Fsp3) is 0.533. The number of aliphatic hydroxyl groups is 1. The van der Waals surface area contributed by atoms with Gasteiger partial charge in [0.25, 0.3) is 0 Å². The van der Waals surface area contributed by atoms with Crippen LogP contribution in [0.3, 0.4) is 0 Å². The standard InChI is InChI=1S/C15H23NO3/c1-3-9-16(10-11-17)15(18)8-12-19-14-7-5-4-6-13(14)2/h4-7,17H,3,8-12H2,1-2H3. The van der Waals surface area contributed by atoms with Gasteiger partial charge >= 0.3 is 0 Å². The second-order valence-electron chi connectivity index (χ2n) is 4.47. The van der Waals surface area contributed by atoms with Crippen LogP contribution in [0.15, 0.2) is 24.3 Å². The molecule has 1 amide bonds. The lowest BCUT2D eigenvalue weighted by Crippen LogP contribution is -2.35. The number of amides is 1. The molecule has 0 atom stereocenters. The van der Waals surface area contributed by atoms with Crippen LogP contribution in [0, 0.1) is 6.92 Å². The van der Waals surface area contributed by atoms with E-state index in [9.17, 15) is 4.79 Å². The maximum Gasteiger partial charge on any atom is 0.226 e. The molecule has 0 heterocycles. The lowest BCUT2D eigenvalue weighted by molar-refractivity contribution is -0.132. The van der Waals surface area contributed by atoms with E-state index in [1.165, 1.54) is 0 Å². The fourth-order valence-corrected chi connectivity index (χ4v) is 1.88. The average molecular weight is 265 g/mol. The van der Waals surface area contributed by atoms with E-state index in [2.05, 4.69) is 0 Å². The van der Waals surface area contributed by atoms with Crippen molar-refractivity contribution < 1.29 is 14.6 Å². The van der Waals surface area contributed by atoms with E-state index in [-0.39, 0.29) is 12.5 Å². The van der Waals surface area contributed by atoms with E-state index in [0.29, 0.717) is 26.1 Å². The van der Waals surface area contributed by atoms with Crippen LogP contribution in [-0.4, -0.2) is 42.2 Å². The van der Waals surface area contributed by atoms with Crippen molar-refractivity contribution in [2.24, 2.45) is 0 Å². The molecule has 0 spiro atoms. The molecule has 0 saturated heterocycles. The summed E-state index contributed by atoms with van der Waals surface area (Å²) in [5, 5.41) is 8.93. The average Bonchev–Trinajstić information content (AvgIpc) is 2.40. The minimum Gasteiger partial charge on any atom is -0.493 e. The molecule has 0 aliphatic rings. The third-order valence-corrected chi connectivity index (χ3v) is 2.88. The zero-order valence-corrected chi connectivity index (χ0v) is 11.8. The van der Waals surface area contributed by atoms with Gasteiger partial charge in [-0.2, -0.15) is 0 Å². The number of aliphatic hydroxyl groups excluding tert-OH is 1. The van der Waals surface area contributed by atoms with Gasteiger partial charge in [-0.15, -0.1) is 0 Å². The Bertz CT molecular complexity index is 387. The highest BCUT2D eigenvalue weighted by atomic mass is 16.5. The highest BCUT2D eigenvalue weighted by molar-refractivity contribution is 5.76. The van der Waals surface area contributed by atoms with Crippen molar-refractivity contribution in [1.82, 2.24) is 4.90 Å². The first-order chi connectivity index (χ1) is 9.19. The van der Waals surface area contributed by atoms with Crippen molar-refractivity contribution in [3.05, 3.63) is 29.8 Å². The largest absolute Gasteiger partial charge is 0.493 e. The van der Waals surface area contributed by atoms with Gasteiger partial charge in [0.1, 0.15) is 5.75 Å². The van der Waals surface area contributed by atoms with Gasteiger partial charge in [-0.3, -0.25) is 4.79 Å². The molecular formula is C15H23NO3. The van der Waals surface area contributed by atoms with Crippen LogP contribution in [0.2, 0.25) is 0 Å². The molecule has 1 aromatic rings. The van der Waals surface area contributed by atoms with Crippen molar-refractivity contribution in [2.45, 2.75) is 26.7 Å². The zero-order valence-electron chi connectivity index (χ0n) is 11.8. The van der Waals surface area contributed by atoms with Crippen LogP contribution in [0.25, 0.3) is 0 Å². The molecule has 1 rings (SSSR count). The van der Waals surface area contributed by atoms with Gasteiger partial charge in [0, 0.05) is 13.1 Å². The number of carbonyl (C=O) groups is 1. The number of benzene rings is 1. The Morgan fingerprint density at radius 1 is 1.32 bits per heavy atom.